The molecule has 0 amide bonds. The Morgan fingerprint density at radius 1 is 1.17 bits per heavy atom. The van der Waals surface area contributed by atoms with Crippen LogP contribution in [0.15, 0.2) is 52.1 Å². The van der Waals surface area contributed by atoms with Crippen molar-refractivity contribution in [3.63, 3.8) is 0 Å². The Labute approximate surface area is 148 Å². The fraction of sp³-hybridized carbons (Fsp3) is 0.389. The first-order valence-corrected chi connectivity index (χ1v) is 8.43. The zero-order valence-electron chi connectivity index (χ0n) is 13.9. The lowest BCUT2D eigenvalue weighted by molar-refractivity contribution is 0.208. The van der Waals surface area contributed by atoms with E-state index in [4.69, 9.17) is 20.8 Å². The van der Waals surface area contributed by atoms with Gasteiger partial charge in [0.2, 0.25) is 0 Å². The van der Waals surface area contributed by atoms with Gasteiger partial charge in [0.15, 0.2) is 5.96 Å². The van der Waals surface area contributed by atoms with Crippen molar-refractivity contribution in [2.24, 2.45) is 4.99 Å². The fourth-order valence-electron chi connectivity index (χ4n) is 2.20. The van der Waals surface area contributed by atoms with Gasteiger partial charge in [0.1, 0.15) is 5.76 Å². The molecule has 24 heavy (non-hydrogen) atoms. The van der Waals surface area contributed by atoms with E-state index >= 15 is 0 Å². The smallest absolute Gasteiger partial charge is 0.191 e. The van der Waals surface area contributed by atoms with E-state index in [0.717, 1.165) is 42.7 Å². The Morgan fingerprint density at radius 2 is 2.00 bits per heavy atom. The third kappa shape index (κ3) is 7.06. The van der Waals surface area contributed by atoms with Crippen LogP contribution in [0.1, 0.15) is 11.3 Å². The summed E-state index contributed by atoms with van der Waals surface area (Å²) in [6, 6.07) is 11.8. The van der Waals surface area contributed by atoms with Crippen LogP contribution in [0.25, 0.3) is 0 Å². The summed E-state index contributed by atoms with van der Waals surface area (Å²) in [4.78, 5) is 4.49. The van der Waals surface area contributed by atoms with Gasteiger partial charge in [-0.25, -0.2) is 0 Å². The van der Waals surface area contributed by atoms with Crippen molar-refractivity contribution in [1.29, 1.82) is 0 Å². The molecule has 0 saturated carbocycles. The van der Waals surface area contributed by atoms with Crippen molar-refractivity contribution in [1.82, 2.24) is 10.6 Å². The van der Waals surface area contributed by atoms with E-state index in [0.29, 0.717) is 13.2 Å². The SMILES string of the molecule is COCCN=C(NCCc1cccc(Cl)c1)NCCc1ccco1. The average molecular weight is 350 g/mol. The second kappa shape index (κ2) is 10.7. The Hall–Kier alpha value is -1.98. The van der Waals surface area contributed by atoms with Crippen LogP contribution in [0.2, 0.25) is 5.02 Å². The van der Waals surface area contributed by atoms with E-state index in [-0.39, 0.29) is 0 Å². The lowest BCUT2D eigenvalue weighted by Crippen LogP contribution is -2.39. The van der Waals surface area contributed by atoms with Crippen LogP contribution in [0.4, 0.5) is 0 Å². The number of rotatable bonds is 9. The van der Waals surface area contributed by atoms with Gasteiger partial charge < -0.3 is 19.8 Å². The molecule has 0 atom stereocenters. The van der Waals surface area contributed by atoms with Gasteiger partial charge in [0.05, 0.1) is 19.4 Å². The quantitative estimate of drug-likeness (QED) is 0.415. The lowest BCUT2D eigenvalue weighted by atomic mass is 10.1. The molecular formula is C18H24ClN3O2. The molecule has 2 rings (SSSR count). The number of benzene rings is 1. The van der Waals surface area contributed by atoms with Crippen LogP contribution in [0, 0.1) is 0 Å². The molecule has 0 aliphatic rings. The first kappa shape index (κ1) is 18.4. The summed E-state index contributed by atoms with van der Waals surface area (Å²) < 4.78 is 10.4. The normalized spacial score (nSPS) is 11.5. The third-order valence-corrected chi connectivity index (χ3v) is 3.64. The van der Waals surface area contributed by atoms with Gasteiger partial charge in [0, 0.05) is 31.6 Å². The van der Waals surface area contributed by atoms with Crippen LogP contribution in [0.5, 0.6) is 0 Å². The largest absolute Gasteiger partial charge is 0.469 e. The number of hydrogen-bond donors (Lipinski definition) is 2. The molecule has 0 spiro atoms. The molecule has 0 unspecified atom stereocenters. The molecule has 0 fully saturated rings. The molecule has 6 heteroatoms. The Balaban J connectivity index is 1.77. The summed E-state index contributed by atoms with van der Waals surface area (Å²) in [7, 11) is 1.67. The summed E-state index contributed by atoms with van der Waals surface area (Å²) >= 11 is 6.01. The molecule has 1 aromatic heterocycles. The number of guanidine groups is 1. The Bertz CT molecular complexity index is 614. The van der Waals surface area contributed by atoms with Crippen molar-refractivity contribution in [2.45, 2.75) is 12.8 Å². The average Bonchev–Trinajstić information content (AvgIpc) is 3.08. The van der Waals surface area contributed by atoms with Gasteiger partial charge in [-0.15, -0.1) is 0 Å². The second-order valence-corrected chi connectivity index (χ2v) is 5.72. The van der Waals surface area contributed by atoms with Crippen LogP contribution >= 0.6 is 11.6 Å². The second-order valence-electron chi connectivity index (χ2n) is 5.29. The fourth-order valence-corrected chi connectivity index (χ4v) is 2.41. The molecule has 0 bridgehead atoms. The Kier molecular flexibility index (Phi) is 8.21. The topological polar surface area (TPSA) is 58.8 Å². The molecule has 2 N–H and O–H groups in total. The van der Waals surface area contributed by atoms with Gasteiger partial charge >= 0.3 is 0 Å². The molecular weight excluding hydrogens is 326 g/mol. The third-order valence-electron chi connectivity index (χ3n) is 3.40. The lowest BCUT2D eigenvalue weighted by Gasteiger charge is -2.12. The van der Waals surface area contributed by atoms with E-state index in [2.05, 4.69) is 21.7 Å². The standard InChI is InChI=1S/C18H24ClN3O2/c1-23-13-11-22-18(21-10-8-17-6-3-12-24-17)20-9-7-15-4-2-5-16(19)14-15/h2-6,12,14H,7-11,13H2,1H3,(H2,20,21,22). The van der Waals surface area contributed by atoms with Gasteiger partial charge in [-0.1, -0.05) is 23.7 Å². The van der Waals surface area contributed by atoms with Crippen molar-refractivity contribution < 1.29 is 9.15 Å². The van der Waals surface area contributed by atoms with Crippen molar-refractivity contribution >= 4 is 17.6 Å². The molecule has 2 aromatic rings. The summed E-state index contributed by atoms with van der Waals surface area (Å²) in [5.74, 6) is 1.73. The molecule has 0 saturated heterocycles. The molecule has 0 aliphatic carbocycles. The van der Waals surface area contributed by atoms with Gasteiger partial charge in [-0.2, -0.15) is 0 Å². The zero-order valence-corrected chi connectivity index (χ0v) is 14.7. The highest BCUT2D eigenvalue weighted by atomic mass is 35.5. The zero-order chi connectivity index (χ0) is 17.0. The van der Waals surface area contributed by atoms with Gasteiger partial charge in [0.25, 0.3) is 0 Å². The number of hydrogen-bond acceptors (Lipinski definition) is 3. The van der Waals surface area contributed by atoms with Crippen molar-refractivity contribution in [2.75, 3.05) is 33.4 Å². The highest BCUT2D eigenvalue weighted by Gasteiger charge is 2.01. The minimum atomic E-state index is 0.597. The number of furan rings is 1. The van der Waals surface area contributed by atoms with Crippen LogP contribution in [0.3, 0.4) is 0 Å². The molecule has 0 aliphatic heterocycles. The highest BCUT2D eigenvalue weighted by molar-refractivity contribution is 6.30. The first-order valence-electron chi connectivity index (χ1n) is 8.06. The monoisotopic (exact) mass is 349 g/mol. The van der Waals surface area contributed by atoms with E-state index in [1.54, 1.807) is 13.4 Å². The minimum absolute atomic E-state index is 0.597. The molecule has 5 nitrogen and oxygen atoms in total. The maximum atomic E-state index is 6.01. The van der Waals surface area contributed by atoms with E-state index in [9.17, 15) is 0 Å². The molecule has 130 valence electrons. The van der Waals surface area contributed by atoms with Gasteiger partial charge in [-0.3, -0.25) is 4.99 Å². The predicted molar refractivity (Wildman–Crippen MR) is 97.8 cm³/mol. The number of ether oxygens (including phenoxy) is 1. The number of methoxy groups -OCH3 is 1. The van der Waals surface area contributed by atoms with E-state index < -0.39 is 0 Å². The summed E-state index contributed by atoms with van der Waals surface area (Å²) in [6.45, 7) is 2.74. The number of halogens is 1. The Morgan fingerprint density at radius 3 is 2.71 bits per heavy atom. The van der Waals surface area contributed by atoms with Crippen LogP contribution < -0.4 is 10.6 Å². The predicted octanol–water partition coefficient (Wildman–Crippen LogP) is 2.90. The van der Waals surface area contributed by atoms with Crippen molar-refractivity contribution in [3.05, 3.63) is 59.0 Å². The first-order chi connectivity index (χ1) is 11.8. The molecule has 1 aromatic carbocycles. The summed E-state index contributed by atoms with van der Waals surface area (Å²) in [5.41, 5.74) is 1.20. The maximum Gasteiger partial charge on any atom is 0.191 e. The van der Waals surface area contributed by atoms with E-state index in [1.807, 2.05) is 30.3 Å². The number of nitrogens with zero attached hydrogens (tertiary/aromatic N) is 1. The van der Waals surface area contributed by atoms with Crippen LogP contribution in [-0.2, 0) is 17.6 Å². The summed E-state index contributed by atoms with van der Waals surface area (Å²) in [5, 5.41) is 7.41. The highest BCUT2D eigenvalue weighted by Crippen LogP contribution is 2.10. The minimum Gasteiger partial charge on any atom is -0.469 e. The van der Waals surface area contributed by atoms with E-state index in [1.165, 1.54) is 5.56 Å². The number of nitrogens with one attached hydrogen (secondary N) is 2. The summed E-state index contributed by atoms with van der Waals surface area (Å²) in [6.07, 6.45) is 3.38. The van der Waals surface area contributed by atoms with Crippen molar-refractivity contribution in [3.8, 4) is 0 Å². The molecule has 0 radical (unpaired) electrons. The van der Waals surface area contributed by atoms with Gasteiger partial charge in [-0.05, 0) is 36.2 Å². The molecule has 1 heterocycles. The van der Waals surface area contributed by atoms with Crippen LogP contribution in [-0.4, -0.2) is 39.3 Å². The number of aliphatic imine (C=N–C) groups is 1. The maximum absolute atomic E-state index is 6.01.